The zero-order chi connectivity index (χ0) is 15.4. The summed E-state index contributed by atoms with van der Waals surface area (Å²) in [4.78, 5) is 0. The second-order valence-electron chi connectivity index (χ2n) is 5.42. The van der Waals surface area contributed by atoms with E-state index in [1.165, 1.54) is 5.56 Å². The molecule has 0 spiro atoms. The van der Waals surface area contributed by atoms with Crippen molar-refractivity contribution in [2.24, 2.45) is 5.73 Å². The highest BCUT2D eigenvalue weighted by atomic mass is 16.4. The van der Waals surface area contributed by atoms with Crippen LogP contribution in [0.1, 0.15) is 41.8 Å². The zero-order valence-electron chi connectivity index (χ0n) is 12.5. The molecule has 0 saturated carbocycles. The van der Waals surface area contributed by atoms with Gasteiger partial charge in [0.15, 0.2) is 0 Å². The number of rotatable bonds is 5. The predicted molar refractivity (Wildman–Crippen MR) is 85.3 cm³/mol. The molecule has 3 aromatic rings. The van der Waals surface area contributed by atoms with Crippen molar-refractivity contribution in [2.45, 2.75) is 25.3 Å². The quantitative estimate of drug-likeness (QED) is 0.782. The average Bonchev–Trinajstić information content (AvgIpc) is 3.04. The molecule has 0 bridgehead atoms. The summed E-state index contributed by atoms with van der Waals surface area (Å²) in [6.45, 7) is 1.84. The Balaban J connectivity index is 1.95. The molecule has 2 unspecified atom stereocenters. The monoisotopic (exact) mass is 293 g/mol. The summed E-state index contributed by atoms with van der Waals surface area (Å²) in [6, 6.07) is 20.3. The molecule has 2 N–H and O–H groups in total. The minimum absolute atomic E-state index is 0.0311. The van der Waals surface area contributed by atoms with E-state index in [2.05, 4.69) is 34.5 Å². The summed E-state index contributed by atoms with van der Waals surface area (Å²) < 4.78 is 5.79. The zero-order valence-corrected chi connectivity index (χ0v) is 12.5. The summed E-state index contributed by atoms with van der Waals surface area (Å²) in [5, 5.41) is 8.28. The molecule has 22 heavy (non-hydrogen) atoms. The van der Waals surface area contributed by atoms with Crippen LogP contribution in [-0.2, 0) is 6.42 Å². The molecule has 0 aliphatic rings. The molecule has 4 nitrogen and oxygen atoms in total. The molecular weight excluding hydrogens is 274 g/mol. The van der Waals surface area contributed by atoms with Crippen molar-refractivity contribution in [3.05, 3.63) is 83.6 Å². The highest BCUT2D eigenvalue weighted by molar-refractivity contribution is 5.28. The highest BCUT2D eigenvalue weighted by Gasteiger charge is 2.22. The lowest BCUT2D eigenvalue weighted by Crippen LogP contribution is -2.06. The van der Waals surface area contributed by atoms with Gasteiger partial charge in [0, 0.05) is 0 Å². The van der Waals surface area contributed by atoms with E-state index in [-0.39, 0.29) is 12.0 Å². The minimum Gasteiger partial charge on any atom is -0.423 e. The van der Waals surface area contributed by atoms with E-state index in [0.717, 1.165) is 12.0 Å². The lowest BCUT2D eigenvalue weighted by atomic mass is 9.92. The van der Waals surface area contributed by atoms with Gasteiger partial charge in [0.25, 0.3) is 0 Å². The van der Waals surface area contributed by atoms with E-state index < -0.39 is 0 Å². The molecule has 1 heterocycles. The first-order chi connectivity index (χ1) is 10.7. The first-order valence-corrected chi connectivity index (χ1v) is 7.42. The summed E-state index contributed by atoms with van der Waals surface area (Å²) in [5.74, 6) is 1.12. The topological polar surface area (TPSA) is 64.9 Å². The van der Waals surface area contributed by atoms with Gasteiger partial charge in [-0.25, -0.2) is 0 Å². The molecule has 0 saturated heterocycles. The Hall–Kier alpha value is -2.46. The van der Waals surface area contributed by atoms with E-state index >= 15 is 0 Å². The number of nitrogens with zero attached hydrogens (tertiary/aromatic N) is 2. The molecule has 4 heteroatoms. The Morgan fingerprint density at radius 1 is 0.909 bits per heavy atom. The van der Waals surface area contributed by atoms with Crippen LogP contribution >= 0.6 is 0 Å². The molecule has 0 aliphatic heterocycles. The van der Waals surface area contributed by atoms with E-state index in [1.54, 1.807) is 0 Å². The first-order valence-electron chi connectivity index (χ1n) is 7.42. The van der Waals surface area contributed by atoms with E-state index in [1.807, 2.05) is 43.3 Å². The van der Waals surface area contributed by atoms with Gasteiger partial charge in [-0.2, -0.15) is 0 Å². The first kappa shape index (κ1) is 14.5. The molecule has 0 fully saturated rings. The summed E-state index contributed by atoms with van der Waals surface area (Å²) >= 11 is 0. The Morgan fingerprint density at radius 3 is 2.09 bits per heavy atom. The SMILES string of the molecule is CC(N)c1nnc(C(Cc2ccccc2)c2ccccc2)o1. The Morgan fingerprint density at radius 2 is 1.50 bits per heavy atom. The van der Waals surface area contributed by atoms with Gasteiger partial charge in [-0.1, -0.05) is 60.7 Å². The Labute approximate surface area is 130 Å². The van der Waals surface area contributed by atoms with Crippen LogP contribution in [0.5, 0.6) is 0 Å². The molecule has 0 aliphatic carbocycles. The number of hydrogen-bond donors (Lipinski definition) is 1. The van der Waals surface area contributed by atoms with Crippen LogP contribution in [0.4, 0.5) is 0 Å². The maximum absolute atomic E-state index is 5.82. The van der Waals surface area contributed by atoms with Crippen molar-refractivity contribution in [3.8, 4) is 0 Å². The van der Waals surface area contributed by atoms with E-state index in [4.69, 9.17) is 10.2 Å². The van der Waals surface area contributed by atoms with Gasteiger partial charge in [0.1, 0.15) is 0 Å². The summed E-state index contributed by atoms with van der Waals surface area (Å²) in [7, 11) is 0. The largest absolute Gasteiger partial charge is 0.423 e. The standard InChI is InChI=1S/C18H19N3O/c1-13(19)17-20-21-18(22-17)16(15-10-6-3-7-11-15)12-14-8-4-2-5-9-14/h2-11,13,16H,12,19H2,1H3. The number of nitrogens with two attached hydrogens (primary N) is 1. The molecule has 1 aromatic heterocycles. The van der Waals surface area contributed by atoms with Gasteiger partial charge >= 0.3 is 0 Å². The van der Waals surface area contributed by atoms with Gasteiger partial charge in [0.05, 0.1) is 12.0 Å². The van der Waals surface area contributed by atoms with Crippen molar-refractivity contribution >= 4 is 0 Å². The van der Waals surface area contributed by atoms with Gasteiger partial charge < -0.3 is 10.2 Å². The van der Waals surface area contributed by atoms with Gasteiger partial charge in [-0.05, 0) is 24.5 Å². The Kier molecular flexibility index (Phi) is 4.30. The third-order valence-corrected chi connectivity index (χ3v) is 3.63. The maximum atomic E-state index is 5.82. The number of benzene rings is 2. The Bertz CT molecular complexity index is 707. The molecule has 2 atom stereocenters. The van der Waals surface area contributed by atoms with Crippen LogP contribution in [0.15, 0.2) is 65.1 Å². The number of aromatic nitrogens is 2. The second kappa shape index (κ2) is 6.54. The normalized spacial score (nSPS) is 13.7. The third-order valence-electron chi connectivity index (χ3n) is 3.63. The van der Waals surface area contributed by atoms with Crippen molar-refractivity contribution in [2.75, 3.05) is 0 Å². The molecule has 112 valence electrons. The molecule has 3 rings (SSSR count). The van der Waals surface area contributed by atoms with E-state index in [9.17, 15) is 0 Å². The van der Waals surface area contributed by atoms with Crippen LogP contribution in [0.2, 0.25) is 0 Å². The van der Waals surface area contributed by atoms with Crippen LogP contribution in [0, 0.1) is 0 Å². The van der Waals surface area contributed by atoms with E-state index in [0.29, 0.717) is 11.8 Å². The summed E-state index contributed by atoms with van der Waals surface area (Å²) in [5.41, 5.74) is 8.21. The van der Waals surface area contributed by atoms with Crippen LogP contribution in [0.25, 0.3) is 0 Å². The average molecular weight is 293 g/mol. The third kappa shape index (κ3) is 3.23. The molecular formula is C18H19N3O. The lowest BCUT2D eigenvalue weighted by Gasteiger charge is -2.13. The summed E-state index contributed by atoms with van der Waals surface area (Å²) in [6.07, 6.45) is 0.811. The van der Waals surface area contributed by atoms with Gasteiger partial charge in [0.2, 0.25) is 11.8 Å². The van der Waals surface area contributed by atoms with Crippen LogP contribution in [-0.4, -0.2) is 10.2 Å². The van der Waals surface area contributed by atoms with Crippen molar-refractivity contribution < 1.29 is 4.42 Å². The van der Waals surface area contributed by atoms with Gasteiger partial charge in [-0.15, -0.1) is 10.2 Å². The minimum atomic E-state index is -0.255. The number of hydrogen-bond acceptors (Lipinski definition) is 4. The molecule has 0 amide bonds. The molecule has 2 aromatic carbocycles. The highest BCUT2D eigenvalue weighted by Crippen LogP contribution is 2.28. The maximum Gasteiger partial charge on any atom is 0.232 e. The fourth-order valence-corrected chi connectivity index (χ4v) is 2.45. The van der Waals surface area contributed by atoms with Crippen LogP contribution < -0.4 is 5.73 Å². The van der Waals surface area contributed by atoms with Crippen molar-refractivity contribution in [3.63, 3.8) is 0 Å². The van der Waals surface area contributed by atoms with Crippen molar-refractivity contribution in [1.82, 2.24) is 10.2 Å². The fourth-order valence-electron chi connectivity index (χ4n) is 2.45. The van der Waals surface area contributed by atoms with Crippen molar-refractivity contribution in [1.29, 1.82) is 0 Å². The lowest BCUT2D eigenvalue weighted by molar-refractivity contribution is 0.411. The predicted octanol–water partition coefficient (Wildman–Crippen LogP) is 3.46. The second-order valence-corrected chi connectivity index (χ2v) is 5.42. The van der Waals surface area contributed by atoms with Gasteiger partial charge in [-0.3, -0.25) is 0 Å². The fraction of sp³-hybridized carbons (Fsp3) is 0.222. The van der Waals surface area contributed by atoms with Crippen LogP contribution in [0.3, 0.4) is 0 Å². The smallest absolute Gasteiger partial charge is 0.232 e. The molecule has 0 radical (unpaired) electrons.